The van der Waals surface area contributed by atoms with Crippen molar-refractivity contribution in [1.82, 2.24) is 4.31 Å². The molecule has 166 valence electrons. The van der Waals surface area contributed by atoms with Crippen molar-refractivity contribution in [3.8, 4) is 0 Å². The summed E-state index contributed by atoms with van der Waals surface area (Å²) in [7, 11) is -3.95. The molecular weight excluding hydrogens is 467 g/mol. The Kier molecular flexibility index (Phi) is 6.58. The molecule has 1 aliphatic heterocycles. The number of carbonyl (C=O) groups excluding carboxylic acids is 1. The van der Waals surface area contributed by atoms with Gasteiger partial charge in [-0.15, -0.1) is 0 Å². The predicted octanol–water partition coefficient (Wildman–Crippen LogP) is 5.16. The van der Waals surface area contributed by atoms with Crippen molar-refractivity contribution in [1.29, 1.82) is 0 Å². The molecule has 0 spiro atoms. The topological polar surface area (TPSA) is 57.7 Å². The number of hydrogen-bond acceptors (Lipinski definition) is 3. The van der Waals surface area contributed by atoms with Crippen LogP contribution in [0.3, 0.4) is 0 Å². The Bertz CT molecular complexity index is 1250. The second-order valence-electron chi connectivity index (χ2n) is 7.77. The van der Waals surface area contributed by atoms with Crippen LogP contribution in [0.25, 0.3) is 0 Å². The summed E-state index contributed by atoms with van der Waals surface area (Å²) in [6.45, 7) is 1.60. The molecule has 0 saturated heterocycles. The maximum absolute atomic E-state index is 13.5. The van der Waals surface area contributed by atoms with Crippen LogP contribution >= 0.6 is 23.2 Å². The number of para-hydroxylation sites is 1. The van der Waals surface area contributed by atoms with Crippen molar-refractivity contribution in [2.45, 2.75) is 30.8 Å². The second-order valence-corrected chi connectivity index (χ2v) is 10.5. The smallest absolute Gasteiger partial charge is 0.243 e. The first-order chi connectivity index (χ1) is 15.3. The van der Waals surface area contributed by atoms with E-state index in [1.54, 1.807) is 41.3 Å². The molecule has 0 N–H and O–H groups in total. The van der Waals surface area contributed by atoms with Crippen molar-refractivity contribution in [2.24, 2.45) is 0 Å². The van der Waals surface area contributed by atoms with E-state index in [0.29, 0.717) is 15.6 Å². The van der Waals surface area contributed by atoms with Gasteiger partial charge >= 0.3 is 0 Å². The fourth-order valence-electron chi connectivity index (χ4n) is 3.98. The summed E-state index contributed by atoms with van der Waals surface area (Å²) in [5.74, 6) is -0.285. The van der Waals surface area contributed by atoms with E-state index in [0.717, 1.165) is 17.7 Å². The lowest BCUT2D eigenvalue weighted by Crippen LogP contribution is -2.44. The first-order valence-electron chi connectivity index (χ1n) is 10.2. The molecule has 1 heterocycles. The zero-order valence-electron chi connectivity index (χ0n) is 17.4. The number of nitrogens with zero attached hydrogens (tertiary/aromatic N) is 2. The highest BCUT2D eigenvalue weighted by molar-refractivity contribution is 7.89. The molecule has 0 unspecified atom stereocenters. The molecule has 5 nitrogen and oxygen atoms in total. The summed E-state index contributed by atoms with van der Waals surface area (Å²) in [6, 6.07) is 20.6. The van der Waals surface area contributed by atoms with Crippen molar-refractivity contribution in [2.75, 3.05) is 11.4 Å². The van der Waals surface area contributed by atoms with Gasteiger partial charge < -0.3 is 4.90 Å². The van der Waals surface area contributed by atoms with Gasteiger partial charge in [-0.25, -0.2) is 8.42 Å². The maximum Gasteiger partial charge on any atom is 0.243 e. The molecular formula is C24H22Cl2N2O3S. The highest BCUT2D eigenvalue weighted by Gasteiger charge is 2.34. The lowest BCUT2D eigenvalue weighted by molar-refractivity contribution is -0.119. The van der Waals surface area contributed by atoms with Gasteiger partial charge in [0, 0.05) is 28.3 Å². The van der Waals surface area contributed by atoms with E-state index in [1.807, 2.05) is 31.2 Å². The van der Waals surface area contributed by atoms with Crippen LogP contribution in [0.15, 0.2) is 77.7 Å². The normalized spacial score (nSPS) is 15.8. The summed E-state index contributed by atoms with van der Waals surface area (Å²) >= 11 is 12.3. The van der Waals surface area contributed by atoms with E-state index in [-0.39, 0.29) is 29.9 Å². The summed E-state index contributed by atoms with van der Waals surface area (Å²) < 4.78 is 28.1. The van der Waals surface area contributed by atoms with Gasteiger partial charge in [0.25, 0.3) is 0 Å². The molecule has 1 atom stereocenters. The quantitative estimate of drug-likeness (QED) is 0.481. The summed E-state index contributed by atoms with van der Waals surface area (Å²) in [5.41, 5.74) is 2.47. The molecule has 1 aliphatic rings. The molecule has 4 rings (SSSR count). The Morgan fingerprint density at radius 1 is 1.03 bits per heavy atom. The van der Waals surface area contributed by atoms with Crippen molar-refractivity contribution < 1.29 is 13.2 Å². The summed E-state index contributed by atoms with van der Waals surface area (Å²) in [6.07, 6.45) is 0.733. The van der Waals surface area contributed by atoms with Gasteiger partial charge in [0.15, 0.2) is 0 Å². The van der Waals surface area contributed by atoms with Crippen molar-refractivity contribution in [3.63, 3.8) is 0 Å². The Morgan fingerprint density at radius 2 is 1.72 bits per heavy atom. The molecule has 3 aromatic rings. The molecule has 3 aromatic carbocycles. The largest absolute Gasteiger partial charge is 0.308 e. The maximum atomic E-state index is 13.5. The Labute approximate surface area is 198 Å². The third-order valence-electron chi connectivity index (χ3n) is 5.53. The molecule has 8 heteroatoms. The van der Waals surface area contributed by atoms with Gasteiger partial charge in [-0.05, 0) is 54.8 Å². The number of carbonyl (C=O) groups is 1. The average molecular weight is 489 g/mol. The number of fused-ring (bicyclic) bond motifs is 1. The van der Waals surface area contributed by atoms with Gasteiger partial charge in [0.1, 0.15) is 0 Å². The Morgan fingerprint density at radius 3 is 2.44 bits per heavy atom. The van der Waals surface area contributed by atoms with E-state index in [9.17, 15) is 13.2 Å². The highest BCUT2D eigenvalue weighted by atomic mass is 35.5. The fraction of sp³-hybridized carbons (Fsp3) is 0.208. The number of halogens is 2. The minimum atomic E-state index is -3.95. The molecule has 0 aliphatic carbocycles. The zero-order chi connectivity index (χ0) is 22.9. The first-order valence-corrected chi connectivity index (χ1v) is 12.4. The lowest BCUT2D eigenvalue weighted by atomic mass is 10.1. The standard InChI is InChI=1S/C24H22Cl2N2O3S/c1-17-13-18-7-5-6-10-23(18)28(17)24(29)16-27(15-19-11-12-20(25)14-22(19)26)32(30,31)21-8-3-2-4-9-21/h2-12,14,17H,13,15-16H2,1H3/t17-/m1/s1. The third kappa shape index (κ3) is 4.55. The number of benzene rings is 3. The van der Waals surface area contributed by atoms with Crippen LogP contribution in [0.2, 0.25) is 10.0 Å². The molecule has 0 fully saturated rings. The average Bonchev–Trinajstić information content (AvgIpc) is 3.11. The molecule has 0 radical (unpaired) electrons. The molecule has 1 amide bonds. The van der Waals surface area contributed by atoms with Gasteiger partial charge in [0.2, 0.25) is 15.9 Å². The molecule has 0 bridgehead atoms. The summed E-state index contributed by atoms with van der Waals surface area (Å²) in [5, 5.41) is 0.799. The lowest BCUT2D eigenvalue weighted by Gasteiger charge is -2.28. The Balaban J connectivity index is 1.69. The third-order valence-corrected chi connectivity index (χ3v) is 7.92. The minimum Gasteiger partial charge on any atom is -0.308 e. The van der Waals surface area contributed by atoms with Crippen LogP contribution < -0.4 is 4.90 Å². The van der Waals surface area contributed by atoms with Crippen LogP contribution in [0, 0.1) is 0 Å². The SMILES string of the molecule is C[C@@H]1Cc2ccccc2N1C(=O)CN(Cc1ccc(Cl)cc1Cl)S(=O)(=O)c1ccccc1. The Hall–Kier alpha value is -2.38. The van der Waals surface area contributed by atoms with E-state index < -0.39 is 10.0 Å². The van der Waals surface area contributed by atoms with Crippen LogP contribution in [-0.4, -0.2) is 31.2 Å². The van der Waals surface area contributed by atoms with Crippen molar-refractivity contribution >= 4 is 44.8 Å². The molecule has 0 aromatic heterocycles. The molecule has 0 saturated carbocycles. The van der Waals surface area contributed by atoms with E-state index >= 15 is 0 Å². The van der Waals surface area contributed by atoms with E-state index in [2.05, 4.69) is 0 Å². The minimum absolute atomic E-state index is 0.0527. The van der Waals surface area contributed by atoms with Crippen LogP contribution in [0.1, 0.15) is 18.1 Å². The zero-order valence-corrected chi connectivity index (χ0v) is 19.7. The van der Waals surface area contributed by atoms with Gasteiger partial charge in [-0.2, -0.15) is 4.31 Å². The van der Waals surface area contributed by atoms with E-state index in [4.69, 9.17) is 23.2 Å². The van der Waals surface area contributed by atoms with Crippen LogP contribution in [0.5, 0.6) is 0 Å². The van der Waals surface area contributed by atoms with Crippen LogP contribution in [0.4, 0.5) is 5.69 Å². The monoisotopic (exact) mass is 488 g/mol. The van der Waals surface area contributed by atoms with Gasteiger partial charge in [0.05, 0.1) is 11.4 Å². The van der Waals surface area contributed by atoms with Crippen molar-refractivity contribution in [3.05, 3.63) is 94.0 Å². The predicted molar refractivity (Wildman–Crippen MR) is 128 cm³/mol. The number of rotatable bonds is 6. The first kappa shape index (κ1) is 22.8. The number of anilines is 1. The van der Waals surface area contributed by atoms with Gasteiger partial charge in [-0.1, -0.05) is 65.7 Å². The summed E-state index contributed by atoms with van der Waals surface area (Å²) in [4.78, 5) is 15.2. The number of amides is 1. The van der Waals surface area contributed by atoms with Gasteiger partial charge in [-0.3, -0.25) is 4.79 Å². The number of hydrogen-bond donors (Lipinski definition) is 0. The number of sulfonamides is 1. The second kappa shape index (κ2) is 9.24. The fourth-order valence-corrected chi connectivity index (χ4v) is 5.84. The highest BCUT2D eigenvalue weighted by Crippen LogP contribution is 2.32. The molecule has 32 heavy (non-hydrogen) atoms. The van der Waals surface area contributed by atoms with E-state index in [1.165, 1.54) is 16.4 Å². The van der Waals surface area contributed by atoms with Crippen LogP contribution in [-0.2, 0) is 27.8 Å².